The Bertz CT molecular complexity index is 558. The Morgan fingerprint density at radius 2 is 2.28 bits per heavy atom. The van der Waals surface area contributed by atoms with Crippen molar-refractivity contribution in [2.24, 2.45) is 0 Å². The Morgan fingerprint density at radius 3 is 3.00 bits per heavy atom. The van der Waals surface area contributed by atoms with Crippen molar-refractivity contribution >= 4 is 11.6 Å². The van der Waals surface area contributed by atoms with Crippen LogP contribution in [0.4, 0.5) is 0 Å². The van der Waals surface area contributed by atoms with Gasteiger partial charge in [-0.05, 0) is 37.5 Å². The Labute approximate surface area is 112 Å². The third kappa shape index (κ3) is 2.57. The van der Waals surface area contributed by atoms with E-state index >= 15 is 0 Å². The predicted octanol–water partition coefficient (Wildman–Crippen LogP) is 3.09. The first kappa shape index (κ1) is 11.8. The maximum Gasteiger partial charge on any atom is 0.0995 e. The van der Waals surface area contributed by atoms with Crippen LogP contribution in [-0.4, -0.2) is 15.6 Å². The molecule has 2 aromatic rings. The van der Waals surface area contributed by atoms with Crippen LogP contribution in [0.2, 0.25) is 5.02 Å². The molecule has 0 spiro atoms. The highest BCUT2D eigenvalue weighted by Gasteiger charge is 2.20. The molecule has 1 aliphatic rings. The maximum absolute atomic E-state index is 6.14. The standard InChI is InChI=1S/C14H16ClN3/c1-10-2-5-13(6-14(10)15)18-8-12(17-9-18)7-16-11-3-4-11/h2,5-6,8-9,11,16H,3-4,7H2,1H3. The van der Waals surface area contributed by atoms with Crippen molar-refractivity contribution in [1.82, 2.24) is 14.9 Å². The van der Waals surface area contributed by atoms with Gasteiger partial charge < -0.3 is 9.88 Å². The molecular weight excluding hydrogens is 246 g/mol. The van der Waals surface area contributed by atoms with Crippen molar-refractivity contribution in [2.75, 3.05) is 0 Å². The number of aromatic nitrogens is 2. The van der Waals surface area contributed by atoms with E-state index in [0.717, 1.165) is 28.5 Å². The highest BCUT2D eigenvalue weighted by Crippen LogP contribution is 2.21. The van der Waals surface area contributed by atoms with E-state index in [4.69, 9.17) is 11.6 Å². The zero-order valence-corrected chi connectivity index (χ0v) is 11.1. The van der Waals surface area contributed by atoms with E-state index in [1.165, 1.54) is 12.8 Å². The van der Waals surface area contributed by atoms with Crippen molar-refractivity contribution in [3.05, 3.63) is 47.0 Å². The molecule has 18 heavy (non-hydrogen) atoms. The van der Waals surface area contributed by atoms with Gasteiger partial charge in [0, 0.05) is 29.5 Å². The van der Waals surface area contributed by atoms with Crippen LogP contribution in [0.15, 0.2) is 30.7 Å². The van der Waals surface area contributed by atoms with Gasteiger partial charge in [-0.25, -0.2) is 4.98 Å². The largest absolute Gasteiger partial charge is 0.308 e. The average molecular weight is 262 g/mol. The third-order valence-corrected chi connectivity index (χ3v) is 3.65. The fourth-order valence-electron chi connectivity index (χ4n) is 1.87. The van der Waals surface area contributed by atoms with Gasteiger partial charge in [-0.2, -0.15) is 0 Å². The van der Waals surface area contributed by atoms with Gasteiger partial charge in [0.1, 0.15) is 0 Å². The average Bonchev–Trinajstić information content (AvgIpc) is 3.08. The molecule has 0 bridgehead atoms. The van der Waals surface area contributed by atoms with Gasteiger partial charge in [0.15, 0.2) is 0 Å². The summed E-state index contributed by atoms with van der Waals surface area (Å²) in [5, 5.41) is 4.25. The summed E-state index contributed by atoms with van der Waals surface area (Å²) in [6.07, 6.45) is 6.49. The molecule has 94 valence electrons. The van der Waals surface area contributed by atoms with Gasteiger partial charge in [-0.15, -0.1) is 0 Å². The second-order valence-electron chi connectivity index (χ2n) is 4.86. The molecule has 1 aromatic heterocycles. The number of nitrogens with zero attached hydrogens (tertiary/aromatic N) is 2. The van der Waals surface area contributed by atoms with Gasteiger partial charge in [-0.3, -0.25) is 0 Å². The summed E-state index contributed by atoms with van der Waals surface area (Å²) in [4.78, 5) is 4.40. The fraction of sp³-hybridized carbons (Fsp3) is 0.357. The molecule has 3 rings (SSSR count). The number of imidazole rings is 1. The molecule has 0 saturated heterocycles. The Balaban J connectivity index is 1.76. The molecule has 0 aliphatic heterocycles. The zero-order chi connectivity index (χ0) is 12.5. The minimum Gasteiger partial charge on any atom is -0.308 e. The fourth-order valence-corrected chi connectivity index (χ4v) is 2.05. The van der Waals surface area contributed by atoms with Crippen LogP contribution in [0.25, 0.3) is 5.69 Å². The molecule has 4 heteroatoms. The summed E-state index contributed by atoms with van der Waals surface area (Å²) in [5.74, 6) is 0. The van der Waals surface area contributed by atoms with Crippen molar-refractivity contribution in [3.63, 3.8) is 0 Å². The summed E-state index contributed by atoms with van der Waals surface area (Å²) >= 11 is 6.14. The van der Waals surface area contributed by atoms with Gasteiger partial charge in [-0.1, -0.05) is 17.7 Å². The van der Waals surface area contributed by atoms with E-state index in [-0.39, 0.29) is 0 Å². The van der Waals surface area contributed by atoms with Crippen LogP contribution in [0.1, 0.15) is 24.1 Å². The SMILES string of the molecule is Cc1ccc(-n2cnc(CNC3CC3)c2)cc1Cl. The first-order valence-electron chi connectivity index (χ1n) is 6.25. The molecule has 1 aliphatic carbocycles. The first-order valence-corrected chi connectivity index (χ1v) is 6.63. The molecule has 1 N–H and O–H groups in total. The van der Waals surface area contributed by atoms with Gasteiger partial charge in [0.25, 0.3) is 0 Å². The van der Waals surface area contributed by atoms with Crippen molar-refractivity contribution in [3.8, 4) is 5.69 Å². The second kappa shape index (κ2) is 4.75. The van der Waals surface area contributed by atoms with Crippen LogP contribution < -0.4 is 5.32 Å². The molecule has 0 unspecified atom stereocenters. The summed E-state index contributed by atoms with van der Waals surface area (Å²) < 4.78 is 2.01. The minimum absolute atomic E-state index is 0.712. The van der Waals surface area contributed by atoms with E-state index < -0.39 is 0 Å². The Hall–Kier alpha value is -1.32. The van der Waals surface area contributed by atoms with Crippen LogP contribution >= 0.6 is 11.6 Å². The van der Waals surface area contributed by atoms with Crippen LogP contribution in [0, 0.1) is 6.92 Å². The lowest BCUT2D eigenvalue weighted by Gasteiger charge is -2.04. The molecule has 0 amide bonds. The molecule has 3 nitrogen and oxygen atoms in total. The number of aryl methyl sites for hydroxylation is 1. The van der Waals surface area contributed by atoms with Crippen LogP contribution in [0.3, 0.4) is 0 Å². The smallest absolute Gasteiger partial charge is 0.0995 e. The highest BCUT2D eigenvalue weighted by atomic mass is 35.5. The summed E-state index contributed by atoms with van der Waals surface area (Å²) in [6.45, 7) is 2.85. The molecule has 1 aromatic carbocycles. The molecule has 1 saturated carbocycles. The number of hydrogen-bond acceptors (Lipinski definition) is 2. The third-order valence-electron chi connectivity index (χ3n) is 3.24. The Kier molecular flexibility index (Phi) is 3.10. The van der Waals surface area contributed by atoms with Crippen molar-refractivity contribution < 1.29 is 0 Å². The molecular formula is C14H16ClN3. The lowest BCUT2D eigenvalue weighted by Crippen LogP contribution is -2.15. The molecule has 0 atom stereocenters. The second-order valence-corrected chi connectivity index (χ2v) is 5.27. The lowest BCUT2D eigenvalue weighted by molar-refractivity contribution is 0.677. The normalized spacial score (nSPS) is 15.0. The summed E-state index contributed by atoms with van der Waals surface area (Å²) in [5.41, 5.74) is 3.21. The minimum atomic E-state index is 0.712. The highest BCUT2D eigenvalue weighted by molar-refractivity contribution is 6.31. The number of halogens is 1. The first-order chi connectivity index (χ1) is 8.72. The number of rotatable bonds is 4. The van der Waals surface area contributed by atoms with Gasteiger partial charge in [0.05, 0.1) is 12.0 Å². The topological polar surface area (TPSA) is 29.9 Å². The van der Waals surface area contributed by atoms with Crippen LogP contribution in [-0.2, 0) is 6.54 Å². The van der Waals surface area contributed by atoms with E-state index in [1.807, 2.05) is 30.0 Å². The monoisotopic (exact) mass is 261 g/mol. The van der Waals surface area contributed by atoms with E-state index in [2.05, 4.69) is 22.6 Å². The van der Waals surface area contributed by atoms with Crippen LogP contribution in [0.5, 0.6) is 0 Å². The number of hydrogen-bond donors (Lipinski definition) is 1. The van der Waals surface area contributed by atoms with E-state index in [0.29, 0.717) is 6.04 Å². The maximum atomic E-state index is 6.14. The predicted molar refractivity (Wildman–Crippen MR) is 73.2 cm³/mol. The lowest BCUT2D eigenvalue weighted by atomic mass is 10.2. The quantitative estimate of drug-likeness (QED) is 0.917. The zero-order valence-electron chi connectivity index (χ0n) is 10.4. The number of benzene rings is 1. The van der Waals surface area contributed by atoms with E-state index in [1.54, 1.807) is 0 Å². The van der Waals surface area contributed by atoms with Crippen molar-refractivity contribution in [1.29, 1.82) is 0 Å². The Morgan fingerprint density at radius 1 is 1.44 bits per heavy atom. The van der Waals surface area contributed by atoms with Gasteiger partial charge in [0.2, 0.25) is 0 Å². The molecule has 0 radical (unpaired) electrons. The molecule has 1 heterocycles. The number of nitrogens with one attached hydrogen (secondary N) is 1. The molecule has 1 fully saturated rings. The van der Waals surface area contributed by atoms with Crippen molar-refractivity contribution in [2.45, 2.75) is 32.4 Å². The van der Waals surface area contributed by atoms with E-state index in [9.17, 15) is 0 Å². The summed E-state index contributed by atoms with van der Waals surface area (Å²) in [6, 6.07) is 6.77. The summed E-state index contributed by atoms with van der Waals surface area (Å²) in [7, 11) is 0. The van der Waals surface area contributed by atoms with Gasteiger partial charge >= 0.3 is 0 Å².